The number of hydrogen-bond donors (Lipinski definition) is 1. The van der Waals surface area contributed by atoms with Crippen molar-refractivity contribution in [3.63, 3.8) is 0 Å². The molecule has 2 atom stereocenters. The number of allylic oxidation sites excluding steroid dienone is 1. The van der Waals surface area contributed by atoms with Crippen molar-refractivity contribution in [3.05, 3.63) is 12.2 Å². The Morgan fingerprint density at radius 1 is 1.36 bits per heavy atom. The zero-order chi connectivity index (χ0) is 8.43. The summed E-state index contributed by atoms with van der Waals surface area (Å²) in [5, 5.41) is 0. The summed E-state index contributed by atoms with van der Waals surface area (Å²) >= 11 is 0. The minimum absolute atomic E-state index is 0.768. The monoisotopic (exact) mass is 152 g/mol. The lowest BCUT2D eigenvalue weighted by Crippen LogP contribution is -2.73. The van der Waals surface area contributed by atoms with E-state index in [0.717, 1.165) is 24.8 Å². The summed E-state index contributed by atoms with van der Waals surface area (Å²) in [5.74, 6) is 1.54. The van der Waals surface area contributed by atoms with Crippen molar-refractivity contribution in [2.24, 2.45) is 11.8 Å². The van der Waals surface area contributed by atoms with Crippen molar-refractivity contribution in [2.75, 3.05) is 6.54 Å². The molecule has 1 nitrogen and oxygen atoms in total. The third-order valence-corrected chi connectivity index (χ3v) is 2.76. The zero-order valence-electron chi connectivity index (χ0n) is 7.78. The largest absolute Gasteiger partial charge is 0.245 e. The van der Waals surface area contributed by atoms with Crippen molar-refractivity contribution in [1.82, 2.24) is 0 Å². The van der Waals surface area contributed by atoms with Gasteiger partial charge in [-0.3, -0.25) is 0 Å². The van der Waals surface area contributed by atoms with Crippen LogP contribution in [-0.4, -0.2) is 12.3 Å². The van der Waals surface area contributed by atoms with Crippen molar-refractivity contribution in [1.29, 1.82) is 0 Å². The fraction of sp³-hybridized carbons (Fsp3) is 0.700. The van der Waals surface area contributed by atoms with Crippen molar-refractivity contribution >= 4 is 5.71 Å². The van der Waals surface area contributed by atoms with Gasteiger partial charge < -0.3 is 0 Å². The second kappa shape index (κ2) is 3.21. The molecule has 1 N–H and O–H groups in total. The summed E-state index contributed by atoms with van der Waals surface area (Å²) in [6.07, 6.45) is 1.15. The molecule has 0 aliphatic carbocycles. The Morgan fingerprint density at radius 2 is 2.00 bits per heavy atom. The van der Waals surface area contributed by atoms with Crippen LogP contribution in [0.15, 0.2) is 12.2 Å². The van der Waals surface area contributed by atoms with Crippen LogP contribution in [0.2, 0.25) is 0 Å². The van der Waals surface area contributed by atoms with E-state index in [9.17, 15) is 0 Å². The van der Waals surface area contributed by atoms with Gasteiger partial charge in [0.05, 0.1) is 0 Å². The average molecular weight is 152 g/mol. The first-order chi connectivity index (χ1) is 5.11. The second-order valence-electron chi connectivity index (χ2n) is 3.77. The lowest BCUT2D eigenvalue weighted by Gasteiger charge is -2.12. The Kier molecular flexibility index (Phi) is 2.48. The molecule has 1 aliphatic rings. The molecule has 62 valence electrons. The van der Waals surface area contributed by atoms with Crippen LogP contribution in [0.25, 0.3) is 0 Å². The predicted octanol–water partition coefficient (Wildman–Crippen LogP) is 0.760. The van der Waals surface area contributed by atoms with E-state index >= 15 is 0 Å². The van der Waals surface area contributed by atoms with Gasteiger partial charge in [-0.1, -0.05) is 20.4 Å². The van der Waals surface area contributed by atoms with Gasteiger partial charge in [0.2, 0.25) is 0 Å². The van der Waals surface area contributed by atoms with Crippen molar-refractivity contribution in [2.45, 2.75) is 27.2 Å². The maximum absolute atomic E-state index is 4.04. The van der Waals surface area contributed by atoms with Crippen LogP contribution in [0.4, 0.5) is 0 Å². The maximum Gasteiger partial charge on any atom is 0.173 e. The smallest absolute Gasteiger partial charge is 0.173 e. The van der Waals surface area contributed by atoms with E-state index in [1.165, 1.54) is 11.3 Å². The van der Waals surface area contributed by atoms with Gasteiger partial charge in [-0.15, -0.1) is 0 Å². The predicted molar refractivity (Wildman–Crippen MR) is 48.6 cm³/mol. The summed E-state index contributed by atoms with van der Waals surface area (Å²) in [6.45, 7) is 11.9. The quantitative estimate of drug-likeness (QED) is 0.527. The van der Waals surface area contributed by atoms with Gasteiger partial charge in [0.1, 0.15) is 6.54 Å². The maximum atomic E-state index is 4.04. The van der Waals surface area contributed by atoms with Gasteiger partial charge >= 0.3 is 0 Å². The molecule has 0 bridgehead atoms. The van der Waals surface area contributed by atoms with E-state index < -0.39 is 0 Å². The van der Waals surface area contributed by atoms with E-state index in [0.29, 0.717) is 0 Å². The fourth-order valence-corrected chi connectivity index (χ4v) is 1.38. The zero-order valence-corrected chi connectivity index (χ0v) is 7.78. The molecule has 0 aromatic rings. The van der Waals surface area contributed by atoms with Gasteiger partial charge in [-0.2, -0.15) is 0 Å². The van der Waals surface area contributed by atoms with E-state index in [-0.39, 0.29) is 0 Å². The molecule has 0 aromatic carbocycles. The summed E-state index contributed by atoms with van der Waals surface area (Å²) in [7, 11) is 0. The van der Waals surface area contributed by atoms with Crippen LogP contribution in [-0.2, 0) is 0 Å². The lowest BCUT2D eigenvalue weighted by molar-refractivity contribution is -0.465. The molecular formula is C10H18N+. The topological polar surface area (TPSA) is 14.0 Å². The molecule has 11 heavy (non-hydrogen) atoms. The van der Waals surface area contributed by atoms with Gasteiger partial charge in [0.25, 0.3) is 0 Å². The molecule has 0 amide bonds. The van der Waals surface area contributed by atoms with Gasteiger partial charge in [0.15, 0.2) is 5.71 Å². The van der Waals surface area contributed by atoms with E-state index in [4.69, 9.17) is 0 Å². The van der Waals surface area contributed by atoms with E-state index in [1.807, 2.05) is 0 Å². The Balaban J connectivity index is 2.72. The third kappa shape index (κ3) is 1.92. The molecule has 0 saturated carbocycles. The Labute approximate surface area is 69.2 Å². The highest BCUT2D eigenvalue weighted by molar-refractivity contribution is 5.93. The van der Waals surface area contributed by atoms with Crippen LogP contribution >= 0.6 is 0 Å². The third-order valence-electron chi connectivity index (χ3n) is 2.76. The van der Waals surface area contributed by atoms with Gasteiger partial charge in [0, 0.05) is 18.4 Å². The first kappa shape index (κ1) is 8.51. The highest BCUT2D eigenvalue weighted by Gasteiger charge is 2.21. The molecule has 1 rings (SSSR count). The van der Waals surface area contributed by atoms with Crippen LogP contribution in [0, 0.1) is 11.8 Å². The standard InChI is InChI=1S/C10H17N/c1-7-5-8(2)10(4)11-6-9(7)3/h7,9H,2,5-6H2,1,3-4H3/p+1/t7-,9-/m0/s1. The van der Waals surface area contributed by atoms with Crippen LogP contribution in [0.3, 0.4) is 0 Å². The molecule has 1 aliphatic heterocycles. The Hall–Kier alpha value is -0.590. The Bertz CT molecular complexity index is 191. The first-order valence-electron chi connectivity index (χ1n) is 4.37. The Morgan fingerprint density at radius 3 is 2.64 bits per heavy atom. The van der Waals surface area contributed by atoms with Crippen molar-refractivity contribution < 1.29 is 4.99 Å². The minimum atomic E-state index is 0.768. The molecule has 0 radical (unpaired) electrons. The highest BCUT2D eigenvalue weighted by Crippen LogP contribution is 2.19. The number of nitrogens with one attached hydrogen (secondary N) is 1. The summed E-state index contributed by atoms with van der Waals surface area (Å²) in [5.41, 5.74) is 2.56. The summed E-state index contributed by atoms with van der Waals surface area (Å²) in [6, 6.07) is 0. The molecule has 0 fully saturated rings. The second-order valence-corrected chi connectivity index (χ2v) is 3.77. The van der Waals surface area contributed by atoms with E-state index in [1.54, 1.807) is 0 Å². The SMILES string of the molecule is C=C1C[C@H](C)[C@@H](C)C[NH+]=C1C. The number of rotatable bonds is 0. The summed E-state index contributed by atoms with van der Waals surface area (Å²) < 4.78 is 0. The van der Waals surface area contributed by atoms with Gasteiger partial charge in [-0.05, 0) is 12.3 Å². The lowest BCUT2D eigenvalue weighted by atomic mass is 9.90. The molecule has 0 unspecified atom stereocenters. The normalized spacial score (nSPS) is 33.0. The first-order valence-corrected chi connectivity index (χ1v) is 4.37. The number of hydrogen-bond acceptors (Lipinski definition) is 0. The molecule has 0 spiro atoms. The average Bonchev–Trinajstić information content (AvgIpc) is 2.05. The van der Waals surface area contributed by atoms with Gasteiger partial charge in [-0.25, -0.2) is 4.99 Å². The van der Waals surface area contributed by atoms with Crippen LogP contribution < -0.4 is 4.99 Å². The molecular weight excluding hydrogens is 134 g/mol. The molecule has 0 aromatic heterocycles. The summed E-state index contributed by atoms with van der Waals surface area (Å²) in [4.78, 5) is 3.39. The van der Waals surface area contributed by atoms with Crippen molar-refractivity contribution in [3.8, 4) is 0 Å². The molecule has 1 heterocycles. The minimum Gasteiger partial charge on any atom is -0.245 e. The highest BCUT2D eigenvalue weighted by atomic mass is 14.7. The molecule has 1 heteroatoms. The van der Waals surface area contributed by atoms with E-state index in [2.05, 4.69) is 32.3 Å². The van der Waals surface area contributed by atoms with Crippen LogP contribution in [0.1, 0.15) is 27.2 Å². The molecule has 0 saturated heterocycles. The fourth-order valence-electron chi connectivity index (χ4n) is 1.38. The van der Waals surface area contributed by atoms with Crippen LogP contribution in [0.5, 0.6) is 0 Å².